The summed E-state index contributed by atoms with van der Waals surface area (Å²) in [5.74, 6) is 0. The fourth-order valence-corrected chi connectivity index (χ4v) is 8.83. The predicted molar refractivity (Wildman–Crippen MR) is 78.4 cm³/mol. The minimum atomic E-state index is 0.197. The maximum atomic E-state index is 3.97. The van der Waals surface area contributed by atoms with Gasteiger partial charge in [0.1, 0.15) is 0 Å². The van der Waals surface area contributed by atoms with Gasteiger partial charge in [0.2, 0.25) is 0 Å². The van der Waals surface area contributed by atoms with E-state index in [-0.39, 0.29) is 6.47 Å². The van der Waals surface area contributed by atoms with Crippen LogP contribution in [-0.2, 0) is 0 Å². The van der Waals surface area contributed by atoms with E-state index in [1.807, 2.05) is 0 Å². The van der Waals surface area contributed by atoms with Gasteiger partial charge in [0.25, 0.3) is 0 Å². The lowest BCUT2D eigenvalue weighted by molar-refractivity contribution is 0.367. The van der Waals surface area contributed by atoms with Crippen LogP contribution in [0.3, 0.4) is 0 Å². The second-order valence-corrected chi connectivity index (χ2v) is 13.1. The van der Waals surface area contributed by atoms with E-state index in [4.69, 9.17) is 0 Å². The Labute approximate surface area is 125 Å². The number of hydrogen-bond acceptors (Lipinski definition) is 0. The summed E-state index contributed by atoms with van der Waals surface area (Å²) in [6.07, 6.45) is 9.47. The molecule has 86 valence electrons. The third-order valence-corrected chi connectivity index (χ3v) is 9.04. The summed E-state index contributed by atoms with van der Waals surface area (Å²) < 4.78 is 0.424. The van der Waals surface area contributed by atoms with Gasteiger partial charge in [0.15, 0.2) is 0 Å². The molecule has 0 aromatic heterocycles. The summed E-state index contributed by atoms with van der Waals surface area (Å²) in [5.41, 5.74) is 0.979. The molecule has 0 radical (unpaired) electrons. The highest BCUT2D eigenvalue weighted by Crippen LogP contribution is 2.92. The van der Waals surface area contributed by atoms with E-state index in [0.29, 0.717) is 10.8 Å². The highest BCUT2D eigenvalue weighted by Gasteiger charge is 2.88. The third kappa shape index (κ3) is 1.29. The lowest BCUT2D eigenvalue weighted by Gasteiger charge is -2.26. The maximum absolute atomic E-state index is 3.97. The Morgan fingerprint density at radius 1 is 0.667 bits per heavy atom. The highest BCUT2D eigenvalue weighted by atomic mass is 79.9. The Kier molecular flexibility index (Phi) is 2.61. The first-order chi connectivity index (χ1) is 6.87. The smallest absolute Gasteiger partial charge is 0.0727 e. The van der Waals surface area contributed by atoms with Crippen LogP contribution in [0.25, 0.3) is 0 Å². The second-order valence-electron chi connectivity index (χ2n) is 5.51. The predicted octanol–water partition coefficient (Wildman–Crippen LogP) is 5.70. The molecule has 2 unspecified atom stereocenters. The van der Waals surface area contributed by atoms with Crippen LogP contribution in [0, 0.1) is 10.8 Å². The van der Waals surface area contributed by atoms with Gasteiger partial charge in [-0.2, -0.15) is 0 Å². The highest BCUT2D eigenvalue weighted by molar-refractivity contribution is 9.26. The van der Waals surface area contributed by atoms with Gasteiger partial charge in [-0.25, -0.2) is 0 Å². The molecule has 3 saturated carbocycles. The maximum Gasteiger partial charge on any atom is 0.0931 e. The van der Waals surface area contributed by atoms with Crippen LogP contribution in [0.15, 0.2) is 0 Å². The van der Waals surface area contributed by atoms with Crippen LogP contribution in [0.4, 0.5) is 0 Å². The summed E-state index contributed by atoms with van der Waals surface area (Å²) in [7, 11) is 0. The van der Waals surface area contributed by atoms with Gasteiger partial charge in [-0.05, 0) is 25.7 Å². The zero-order valence-electron chi connectivity index (χ0n) is 8.46. The van der Waals surface area contributed by atoms with Crippen molar-refractivity contribution < 1.29 is 0 Å². The van der Waals surface area contributed by atoms with Gasteiger partial charge in [-0.1, -0.05) is 83.0 Å². The van der Waals surface area contributed by atoms with Crippen molar-refractivity contribution in [3.05, 3.63) is 0 Å². The van der Waals surface area contributed by atoms with Crippen LogP contribution in [0.5, 0.6) is 0 Å². The van der Waals surface area contributed by atoms with Crippen molar-refractivity contribution in [1.29, 1.82) is 0 Å². The van der Waals surface area contributed by atoms with Crippen LogP contribution in [-0.4, -0.2) is 6.47 Å². The summed E-state index contributed by atoms with van der Waals surface area (Å²) in [6, 6.07) is 0. The van der Waals surface area contributed by atoms with Gasteiger partial charge < -0.3 is 0 Å². The van der Waals surface area contributed by atoms with Crippen molar-refractivity contribution in [2.75, 3.05) is 0 Å². The molecule has 3 aliphatic rings. The molecule has 2 atom stereocenters. The molecule has 0 nitrogen and oxygen atoms in total. The fourth-order valence-electron chi connectivity index (χ4n) is 4.25. The van der Waals surface area contributed by atoms with Gasteiger partial charge in [0, 0.05) is 10.8 Å². The summed E-state index contributed by atoms with van der Waals surface area (Å²) in [6.45, 7) is 0. The van der Waals surface area contributed by atoms with Gasteiger partial charge in [-0.15, -0.1) is 0 Å². The molecule has 0 saturated heterocycles. The normalized spacial score (nSPS) is 50.4. The summed E-state index contributed by atoms with van der Waals surface area (Å²) in [5, 5.41) is 0. The van der Waals surface area contributed by atoms with E-state index < -0.39 is 0 Å². The SMILES string of the molecule is BrC1(Br)CC23CCCCCC2(C1)C3(Br)Br. The molecule has 3 fully saturated rings. The topological polar surface area (TPSA) is 0 Å². The van der Waals surface area contributed by atoms with Gasteiger partial charge >= 0.3 is 0 Å². The summed E-state index contributed by atoms with van der Waals surface area (Å²) in [4.78, 5) is 0. The third-order valence-electron chi connectivity index (χ3n) is 4.88. The van der Waals surface area contributed by atoms with Crippen molar-refractivity contribution >= 4 is 63.7 Å². The number of halogens is 4. The quantitative estimate of drug-likeness (QED) is 0.402. The van der Waals surface area contributed by atoms with Gasteiger partial charge in [0.05, 0.1) is 6.47 Å². The molecule has 0 spiro atoms. The molecule has 0 heterocycles. The molecular formula is C11H14Br4. The number of alkyl halides is 4. The van der Waals surface area contributed by atoms with Crippen LogP contribution < -0.4 is 0 Å². The van der Waals surface area contributed by atoms with Crippen molar-refractivity contribution in [3.8, 4) is 0 Å². The molecule has 15 heavy (non-hydrogen) atoms. The Morgan fingerprint density at radius 3 is 1.60 bits per heavy atom. The lowest BCUT2D eigenvalue weighted by Crippen LogP contribution is -2.21. The Balaban J connectivity index is 2.02. The van der Waals surface area contributed by atoms with Crippen LogP contribution >= 0.6 is 63.7 Å². The van der Waals surface area contributed by atoms with Crippen molar-refractivity contribution in [1.82, 2.24) is 0 Å². The summed E-state index contributed by atoms with van der Waals surface area (Å²) >= 11 is 15.6. The Bertz CT molecular complexity index is 286. The first-order valence-corrected chi connectivity index (χ1v) is 8.80. The van der Waals surface area contributed by atoms with E-state index in [2.05, 4.69) is 63.7 Å². The fraction of sp³-hybridized carbons (Fsp3) is 1.00. The second kappa shape index (κ2) is 3.27. The monoisotopic (exact) mass is 462 g/mol. The van der Waals surface area contributed by atoms with Crippen molar-refractivity contribution in [3.63, 3.8) is 0 Å². The zero-order chi connectivity index (χ0) is 10.9. The number of hydrogen-bond donors (Lipinski definition) is 0. The Morgan fingerprint density at radius 2 is 1.13 bits per heavy atom. The van der Waals surface area contributed by atoms with E-state index in [0.717, 1.165) is 0 Å². The molecule has 0 aromatic rings. The van der Waals surface area contributed by atoms with Crippen molar-refractivity contribution in [2.45, 2.75) is 51.4 Å². The van der Waals surface area contributed by atoms with Crippen molar-refractivity contribution in [2.24, 2.45) is 10.8 Å². The molecular weight excluding hydrogens is 452 g/mol. The molecule has 0 amide bonds. The minimum Gasteiger partial charge on any atom is -0.0727 e. The van der Waals surface area contributed by atoms with E-state index in [1.54, 1.807) is 0 Å². The average Bonchev–Trinajstić information content (AvgIpc) is 2.39. The first kappa shape index (κ1) is 12.0. The van der Waals surface area contributed by atoms with Gasteiger partial charge in [-0.3, -0.25) is 0 Å². The average molecular weight is 466 g/mol. The van der Waals surface area contributed by atoms with E-state index in [9.17, 15) is 0 Å². The molecule has 3 aliphatic carbocycles. The lowest BCUT2D eigenvalue weighted by atomic mass is 9.92. The molecule has 3 rings (SSSR count). The van der Waals surface area contributed by atoms with E-state index >= 15 is 0 Å². The van der Waals surface area contributed by atoms with Crippen LogP contribution in [0.2, 0.25) is 0 Å². The standard InChI is InChI=1S/C11H14Br4/c12-10(13)6-8-4-2-1-3-5-9(8,7-10)11(8,14)15/h1-7H2. The Hall–Kier alpha value is 1.92. The molecule has 0 bridgehead atoms. The zero-order valence-corrected chi connectivity index (χ0v) is 14.8. The largest absolute Gasteiger partial charge is 0.0931 e. The van der Waals surface area contributed by atoms with E-state index in [1.165, 1.54) is 44.9 Å². The first-order valence-electron chi connectivity index (χ1n) is 5.63. The molecule has 0 aromatic carbocycles. The molecule has 4 heteroatoms. The molecule has 0 aliphatic heterocycles. The number of rotatable bonds is 0. The van der Waals surface area contributed by atoms with Crippen LogP contribution in [0.1, 0.15) is 44.9 Å². The molecule has 0 N–H and O–H groups in total. The minimum absolute atomic E-state index is 0.197.